The molecule has 6 nitrogen and oxygen atoms in total. The summed E-state index contributed by atoms with van der Waals surface area (Å²) in [5.41, 5.74) is 6.32. The number of anilines is 1. The van der Waals surface area contributed by atoms with E-state index < -0.39 is 6.10 Å². The van der Waals surface area contributed by atoms with Gasteiger partial charge in [-0.15, -0.1) is 12.4 Å². The lowest BCUT2D eigenvalue weighted by Crippen LogP contribution is -2.46. The number of ether oxygens (including phenoxy) is 1. The van der Waals surface area contributed by atoms with Gasteiger partial charge in [-0.05, 0) is 31.0 Å². The van der Waals surface area contributed by atoms with Gasteiger partial charge in [0, 0.05) is 26.6 Å². The van der Waals surface area contributed by atoms with Crippen LogP contribution in [-0.4, -0.2) is 49.5 Å². The predicted octanol–water partition coefficient (Wildman–Crippen LogP) is 2.06. The Morgan fingerprint density at radius 1 is 1.36 bits per heavy atom. The molecule has 2 amide bonds. The molecule has 0 aromatic heterocycles. The smallest absolute Gasteiger partial charge is 0.267 e. The summed E-state index contributed by atoms with van der Waals surface area (Å²) >= 11 is 0. The van der Waals surface area contributed by atoms with Crippen molar-refractivity contribution >= 4 is 29.9 Å². The molecular weight excluding hydrogens is 342 g/mol. The fourth-order valence-corrected chi connectivity index (χ4v) is 2.78. The summed E-state index contributed by atoms with van der Waals surface area (Å²) in [6.45, 7) is 7.23. The predicted molar refractivity (Wildman–Crippen MR) is 101 cm³/mol. The molecule has 1 unspecified atom stereocenters. The maximum Gasteiger partial charge on any atom is 0.267 e. The minimum absolute atomic E-state index is 0. The Balaban J connectivity index is 0.00000312. The van der Waals surface area contributed by atoms with Gasteiger partial charge in [-0.1, -0.05) is 26.0 Å². The van der Waals surface area contributed by atoms with Crippen molar-refractivity contribution in [3.05, 3.63) is 24.3 Å². The van der Waals surface area contributed by atoms with Gasteiger partial charge in [0.2, 0.25) is 5.91 Å². The van der Waals surface area contributed by atoms with Gasteiger partial charge < -0.3 is 20.3 Å². The number of hydrogen-bond acceptors (Lipinski definition) is 4. The molecule has 0 spiro atoms. The van der Waals surface area contributed by atoms with Crippen molar-refractivity contribution in [1.82, 2.24) is 4.90 Å². The van der Waals surface area contributed by atoms with Gasteiger partial charge in [0.15, 0.2) is 6.10 Å². The average Bonchev–Trinajstić information content (AvgIpc) is 2.54. The molecule has 0 saturated heterocycles. The Kier molecular flexibility index (Phi) is 7.26. The topological polar surface area (TPSA) is 75.9 Å². The van der Waals surface area contributed by atoms with E-state index in [1.807, 2.05) is 38.1 Å². The summed E-state index contributed by atoms with van der Waals surface area (Å²) in [7, 11) is 1.78. The van der Waals surface area contributed by atoms with E-state index in [0.29, 0.717) is 25.4 Å². The van der Waals surface area contributed by atoms with Gasteiger partial charge >= 0.3 is 0 Å². The third-order valence-corrected chi connectivity index (χ3v) is 4.27. The summed E-state index contributed by atoms with van der Waals surface area (Å²) < 4.78 is 5.61. The summed E-state index contributed by atoms with van der Waals surface area (Å²) in [5, 5.41) is 0. The van der Waals surface area contributed by atoms with Gasteiger partial charge in [-0.2, -0.15) is 0 Å². The van der Waals surface area contributed by atoms with Crippen molar-refractivity contribution < 1.29 is 14.3 Å². The van der Waals surface area contributed by atoms with Crippen LogP contribution in [-0.2, 0) is 9.59 Å². The van der Waals surface area contributed by atoms with Gasteiger partial charge in [0.05, 0.1) is 5.69 Å². The highest BCUT2D eigenvalue weighted by Crippen LogP contribution is 2.33. The van der Waals surface area contributed by atoms with Crippen LogP contribution in [0.2, 0.25) is 0 Å². The molecule has 7 heteroatoms. The van der Waals surface area contributed by atoms with Crippen LogP contribution < -0.4 is 15.4 Å². The lowest BCUT2D eigenvalue weighted by atomic mass is 9.93. The van der Waals surface area contributed by atoms with E-state index in [1.54, 1.807) is 23.8 Å². The fourth-order valence-electron chi connectivity index (χ4n) is 2.78. The van der Waals surface area contributed by atoms with Crippen LogP contribution in [0.1, 0.15) is 27.2 Å². The van der Waals surface area contributed by atoms with Crippen LogP contribution in [0.3, 0.4) is 0 Å². The van der Waals surface area contributed by atoms with Gasteiger partial charge in [-0.25, -0.2) is 0 Å². The Morgan fingerprint density at radius 3 is 2.64 bits per heavy atom. The molecular formula is C18H28ClN3O3. The van der Waals surface area contributed by atoms with Crippen LogP contribution in [0.25, 0.3) is 0 Å². The lowest BCUT2D eigenvalue weighted by molar-refractivity contribution is -0.131. The molecule has 0 radical (unpaired) electrons. The highest BCUT2D eigenvalue weighted by molar-refractivity contribution is 6.00. The number of benzene rings is 1. The maximum atomic E-state index is 12.4. The number of halogens is 1. The summed E-state index contributed by atoms with van der Waals surface area (Å²) in [5.74, 6) is 0.557. The zero-order valence-electron chi connectivity index (χ0n) is 15.3. The summed E-state index contributed by atoms with van der Waals surface area (Å²) in [6, 6.07) is 7.40. The zero-order valence-corrected chi connectivity index (χ0v) is 16.1. The molecule has 1 atom stereocenters. The standard InChI is InChI=1S/C18H27N3O3.ClH/c1-13-17(23)21(14-7-5-6-8-15(14)24-13)10-9-16(22)20(4)12-18(2,3)11-19;/h5-8,13H,9-12,19H2,1-4H3;1H. The molecule has 2 N–H and O–H groups in total. The number of rotatable bonds is 6. The first-order chi connectivity index (χ1) is 11.2. The van der Waals surface area contributed by atoms with E-state index in [0.717, 1.165) is 5.69 Å². The van der Waals surface area contributed by atoms with Crippen LogP contribution in [0.15, 0.2) is 24.3 Å². The molecule has 2 rings (SSSR count). The molecule has 25 heavy (non-hydrogen) atoms. The van der Waals surface area contributed by atoms with Crippen molar-refractivity contribution in [2.75, 3.05) is 31.6 Å². The van der Waals surface area contributed by atoms with E-state index >= 15 is 0 Å². The molecule has 1 aromatic carbocycles. The Morgan fingerprint density at radius 2 is 2.00 bits per heavy atom. The summed E-state index contributed by atoms with van der Waals surface area (Å²) in [6.07, 6.45) is -0.270. The minimum Gasteiger partial charge on any atom is -0.479 e. The molecule has 1 aliphatic heterocycles. The number of hydrogen-bond donors (Lipinski definition) is 1. The fraction of sp³-hybridized carbons (Fsp3) is 0.556. The molecule has 0 fully saturated rings. The second-order valence-corrected chi connectivity index (χ2v) is 7.09. The van der Waals surface area contributed by atoms with Crippen molar-refractivity contribution in [2.45, 2.75) is 33.3 Å². The number of fused-ring (bicyclic) bond motifs is 1. The third-order valence-electron chi connectivity index (χ3n) is 4.27. The van der Waals surface area contributed by atoms with Crippen LogP contribution >= 0.6 is 12.4 Å². The number of nitrogens with two attached hydrogens (primary N) is 1. The van der Waals surface area contributed by atoms with E-state index in [2.05, 4.69) is 0 Å². The van der Waals surface area contributed by atoms with Crippen LogP contribution in [0.4, 0.5) is 5.69 Å². The van der Waals surface area contributed by atoms with Crippen LogP contribution in [0, 0.1) is 5.41 Å². The molecule has 0 saturated carbocycles. The molecule has 140 valence electrons. The van der Waals surface area contributed by atoms with Gasteiger partial charge in [-0.3, -0.25) is 9.59 Å². The number of para-hydroxylation sites is 2. The van der Waals surface area contributed by atoms with Crippen molar-refractivity contribution in [3.63, 3.8) is 0 Å². The number of nitrogens with zero attached hydrogens (tertiary/aromatic N) is 2. The van der Waals surface area contributed by atoms with E-state index in [-0.39, 0.29) is 36.1 Å². The van der Waals surface area contributed by atoms with E-state index in [4.69, 9.17) is 10.5 Å². The molecule has 1 aliphatic rings. The second-order valence-electron chi connectivity index (χ2n) is 7.09. The quantitative estimate of drug-likeness (QED) is 0.832. The average molecular weight is 370 g/mol. The van der Waals surface area contributed by atoms with Crippen LogP contribution in [0.5, 0.6) is 5.75 Å². The van der Waals surface area contributed by atoms with Crippen molar-refractivity contribution in [2.24, 2.45) is 11.1 Å². The normalized spacial score (nSPS) is 16.6. The number of carbonyl (C=O) groups excluding carboxylic acids is 2. The maximum absolute atomic E-state index is 12.4. The summed E-state index contributed by atoms with van der Waals surface area (Å²) in [4.78, 5) is 28.1. The first-order valence-corrected chi connectivity index (χ1v) is 8.26. The van der Waals surface area contributed by atoms with Crippen molar-refractivity contribution in [3.8, 4) is 5.75 Å². The molecule has 0 bridgehead atoms. The lowest BCUT2D eigenvalue weighted by Gasteiger charge is -2.33. The monoisotopic (exact) mass is 369 g/mol. The Hall–Kier alpha value is -1.79. The Labute approximate surface area is 155 Å². The zero-order chi connectivity index (χ0) is 17.9. The van der Waals surface area contributed by atoms with E-state index in [1.165, 1.54) is 0 Å². The minimum atomic E-state index is -0.538. The van der Waals surface area contributed by atoms with Crippen molar-refractivity contribution in [1.29, 1.82) is 0 Å². The SMILES string of the molecule is CC1Oc2ccccc2N(CCC(=O)N(C)CC(C)(C)CN)C1=O.Cl. The highest BCUT2D eigenvalue weighted by Gasteiger charge is 2.31. The van der Waals surface area contributed by atoms with Gasteiger partial charge in [0.1, 0.15) is 5.75 Å². The van der Waals surface area contributed by atoms with E-state index in [9.17, 15) is 9.59 Å². The highest BCUT2D eigenvalue weighted by atomic mass is 35.5. The number of amides is 2. The first-order valence-electron chi connectivity index (χ1n) is 8.26. The molecule has 0 aliphatic carbocycles. The molecule has 1 heterocycles. The first kappa shape index (κ1) is 21.3. The number of carbonyl (C=O) groups is 2. The second kappa shape index (κ2) is 8.54. The third kappa shape index (κ3) is 5.09. The Bertz CT molecular complexity index is 621. The molecule has 1 aromatic rings. The largest absolute Gasteiger partial charge is 0.479 e. The van der Waals surface area contributed by atoms with Gasteiger partial charge in [0.25, 0.3) is 5.91 Å².